The lowest BCUT2D eigenvalue weighted by molar-refractivity contribution is -0.303. The summed E-state index contributed by atoms with van der Waals surface area (Å²) in [6.07, 6.45) is 25.5. The summed E-state index contributed by atoms with van der Waals surface area (Å²) in [6, 6.07) is 9.30. The number of unbranched alkanes of at least 4 members (excludes halogenated alkanes) is 25. The van der Waals surface area contributed by atoms with E-state index >= 15 is 0 Å². The molecule has 0 radical (unpaired) electrons. The molecule has 338 valence electrons. The van der Waals surface area contributed by atoms with Gasteiger partial charge < -0.3 is 45.4 Å². The first kappa shape index (κ1) is 52.5. The maximum atomic E-state index is 13.0. The third-order valence-corrected chi connectivity index (χ3v) is 12.0. The van der Waals surface area contributed by atoms with E-state index in [9.17, 15) is 35.4 Å². The summed E-state index contributed by atoms with van der Waals surface area (Å²) < 4.78 is 11.1. The van der Waals surface area contributed by atoms with Crippen molar-refractivity contribution in [1.29, 1.82) is 0 Å². The van der Waals surface area contributed by atoms with Crippen molar-refractivity contribution in [3.63, 3.8) is 0 Å². The number of carbonyl (C=O) groups excluding carboxylic acids is 1. The maximum absolute atomic E-state index is 13.0. The molecule has 0 aliphatic carbocycles. The Labute approximate surface area is 352 Å². The minimum Gasteiger partial charge on any atom is -0.394 e. The Hall–Kier alpha value is -1.63. The SMILES string of the molecule is CCCCCCCCCCCCCCCCCCCCCCCCCC(=O)N[C@@H](CO[C@H]1OC(CO)[C@H](O)[C@H](O)C1O)[C@H](O)[C@H](O)CCCCCCc1ccccc1. The summed E-state index contributed by atoms with van der Waals surface area (Å²) >= 11 is 0. The molecule has 1 aliphatic heterocycles. The number of benzene rings is 1. The highest BCUT2D eigenvalue weighted by molar-refractivity contribution is 5.76. The minimum atomic E-state index is -1.61. The van der Waals surface area contributed by atoms with Crippen LogP contribution >= 0.6 is 0 Å². The number of amides is 1. The summed E-state index contributed by atoms with van der Waals surface area (Å²) in [5.41, 5.74) is 1.30. The fourth-order valence-electron chi connectivity index (χ4n) is 8.10. The van der Waals surface area contributed by atoms with E-state index in [0.717, 1.165) is 44.9 Å². The van der Waals surface area contributed by atoms with Crippen molar-refractivity contribution >= 4 is 5.91 Å². The van der Waals surface area contributed by atoms with Crippen LogP contribution in [0.25, 0.3) is 0 Å². The Morgan fingerprint density at radius 2 is 1.10 bits per heavy atom. The zero-order chi connectivity index (χ0) is 42.1. The first-order valence-electron chi connectivity index (χ1n) is 23.9. The minimum absolute atomic E-state index is 0.266. The zero-order valence-corrected chi connectivity index (χ0v) is 36.5. The van der Waals surface area contributed by atoms with Crippen LogP contribution in [0.3, 0.4) is 0 Å². The molecule has 0 bridgehead atoms. The van der Waals surface area contributed by atoms with Crippen molar-refractivity contribution in [2.75, 3.05) is 13.2 Å². The highest BCUT2D eigenvalue weighted by atomic mass is 16.7. The maximum Gasteiger partial charge on any atom is 0.220 e. The van der Waals surface area contributed by atoms with Crippen molar-refractivity contribution in [3.05, 3.63) is 35.9 Å². The normalized spacial score (nSPS) is 21.2. The molecule has 0 saturated carbocycles. The predicted octanol–water partition coefficient (Wildman–Crippen LogP) is 8.59. The number of hydrogen-bond donors (Lipinski definition) is 7. The van der Waals surface area contributed by atoms with Gasteiger partial charge in [-0.15, -0.1) is 0 Å². The second-order valence-corrected chi connectivity index (χ2v) is 17.2. The number of carbonyl (C=O) groups is 1. The predicted molar refractivity (Wildman–Crippen MR) is 233 cm³/mol. The first-order valence-corrected chi connectivity index (χ1v) is 23.9. The Morgan fingerprint density at radius 1 is 0.638 bits per heavy atom. The lowest BCUT2D eigenvalue weighted by Crippen LogP contribution is -2.60. The summed E-state index contributed by atoms with van der Waals surface area (Å²) in [5.74, 6) is -0.266. The van der Waals surface area contributed by atoms with Gasteiger partial charge in [-0.3, -0.25) is 4.79 Å². The number of rotatable bonds is 38. The van der Waals surface area contributed by atoms with Gasteiger partial charge in [0.05, 0.1) is 25.4 Å². The van der Waals surface area contributed by atoms with Crippen LogP contribution in [0.1, 0.15) is 199 Å². The van der Waals surface area contributed by atoms with Crippen LogP contribution in [-0.2, 0) is 20.7 Å². The van der Waals surface area contributed by atoms with E-state index in [1.165, 1.54) is 128 Å². The van der Waals surface area contributed by atoms with E-state index in [4.69, 9.17) is 9.47 Å². The van der Waals surface area contributed by atoms with E-state index < -0.39 is 55.6 Å². The summed E-state index contributed by atoms with van der Waals surface area (Å²) in [6.45, 7) is 1.36. The van der Waals surface area contributed by atoms with Crippen LogP contribution < -0.4 is 5.32 Å². The quantitative estimate of drug-likeness (QED) is 0.0323. The van der Waals surface area contributed by atoms with Gasteiger partial charge in [0.2, 0.25) is 5.91 Å². The summed E-state index contributed by atoms with van der Waals surface area (Å²) in [4.78, 5) is 13.0. The molecular formula is C48H87NO9. The Morgan fingerprint density at radius 3 is 1.60 bits per heavy atom. The average molecular weight is 822 g/mol. The van der Waals surface area contributed by atoms with Crippen molar-refractivity contribution in [3.8, 4) is 0 Å². The van der Waals surface area contributed by atoms with Gasteiger partial charge in [-0.1, -0.05) is 198 Å². The highest BCUT2D eigenvalue weighted by Crippen LogP contribution is 2.23. The molecule has 2 unspecified atom stereocenters. The average Bonchev–Trinajstić information content (AvgIpc) is 3.23. The van der Waals surface area contributed by atoms with Gasteiger partial charge in [-0.05, 0) is 31.2 Å². The zero-order valence-electron chi connectivity index (χ0n) is 36.5. The number of aliphatic hydroxyl groups is 6. The van der Waals surface area contributed by atoms with Crippen molar-refractivity contribution in [2.24, 2.45) is 0 Å². The van der Waals surface area contributed by atoms with E-state index in [0.29, 0.717) is 19.3 Å². The highest BCUT2D eigenvalue weighted by Gasteiger charge is 2.44. The molecule has 10 nitrogen and oxygen atoms in total. The summed E-state index contributed by atoms with van der Waals surface area (Å²) in [7, 11) is 0. The van der Waals surface area contributed by atoms with E-state index in [1.807, 2.05) is 18.2 Å². The molecule has 0 aromatic heterocycles. The lowest BCUT2D eigenvalue weighted by atomic mass is 9.98. The number of ether oxygens (including phenoxy) is 2. The number of aryl methyl sites for hydroxylation is 1. The van der Waals surface area contributed by atoms with Crippen LogP contribution in [0.4, 0.5) is 0 Å². The molecule has 8 atom stereocenters. The smallest absolute Gasteiger partial charge is 0.220 e. The molecule has 1 saturated heterocycles. The lowest BCUT2D eigenvalue weighted by Gasteiger charge is -2.40. The molecule has 0 spiro atoms. The molecular weight excluding hydrogens is 735 g/mol. The molecule has 1 fully saturated rings. The van der Waals surface area contributed by atoms with E-state index in [1.54, 1.807) is 0 Å². The molecule has 7 N–H and O–H groups in total. The van der Waals surface area contributed by atoms with Gasteiger partial charge in [0.25, 0.3) is 0 Å². The second-order valence-electron chi connectivity index (χ2n) is 17.2. The van der Waals surface area contributed by atoms with Gasteiger partial charge in [0, 0.05) is 6.42 Å². The molecule has 1 aliphatic rings. The van der Waals surface area contributed by atoms with Gasteiger partial charge in [-0.25, -0.2) is 0 Å². The number of nitrogens with one attached hydrogen (secondary N) is 1. The van der Waals surface area contributed by atoms with Gasteiger partial charge in [0.15, 0.2) is 6.29 Å². The van der Waals surface area contributed by atoms with Crippen molar-refractivity contribution in [1.82, 2.24) is 5.32 Å². The van der Waals surface area contributed by atoms with Crippen LogP contribution in [-0.4, -0.2) is 98.7 Å². The van der Waals surface area contributed by atoms with Crippen LogP contribution in [0.2, 0.25) is 0 Å². The number of aliphatic hydroxyl groups excluding tert-OH is 6. The fraction of sp³-hybridized carbons (Fsp3) is 0.854. The largest absolute Gasteiger partial charge is 0.394 e. The van der Waals surface area contributed by atoms with Crippen molar-refractivity contribution in [2.45, 2.75) is 249 Å². The van der Waals surface area contributed by atoms with Crippen LogP contribution in [0, 0.1) is 0 Å². The Kier molecular flexibility index (Phi) is 31.7. The molecule has 1 heterocycles. The summed E-state index contributed by atoms with van der Waals surface area (Å²) in [5, 5.41) is 65.1. The third-order valence-electron chi connectivity index (χ3n) is 12.0. The van der Waals surface area contributed by atoms with Gasteiger partial charge in [0.1, 0.15) is 30.5 Å². The third kappa shape index (κ3) is 24.6. The van der Waals surface area contributed by atoms with E-state index in [-0.39, 0.29) is 18.9 Å². The standard InChI is InChI=1S/C48H87NO9/c1-2-3-4-5-6-7-8-9-10-11-12-13-14-15-16-17-18-19-20-21-22-23-31-36-43(52)49-40(38-57-48-47(56)46(55)45(54)42(37-50)58-48)44(53)41(51)35-30-25-24-27-32-39-33-28-26-29-34-39/h26,28-29,33-34,40-42,44-48,50-51,53-56H,2-25,27,30-32,35-38H2,1H3,(H,49,52)/t40-,41+,42?,44-,45-,46-,47?,48-/m0/s1. The molecule has 1 amide bonds. The topological polar surface area (TPSA) is 169 Å². The van der Waals surface area contributed by atoms with Crippen LogP contribution in [0.5, 0.6) is 0 Å². The molecule has 10 heteroatoms. The van der Waals surface area contributed by atoms with Gasteiger partial charge in [-0.2, -0.15) is 0 Å². The fourth-order valence-corrected chi connectivity index (χ4v) is 8.10. The Balaban J connectivity index is 1.58. The monoisotopic (exact) mass is 822 g/mol. The second kappa shape index (κ2) is 35.0. The molecule has 1 aromatic rings. The molecule has 2 rings (SSSR count). The Bertz CT molecular complexity index is 1080. The first-order chi connectivity index (χ1) is 28.3. The molecule has 1 aromatic carbocycles. The van der Waals surface area contributed by atoms with Crippen LogP contribution in [0.15, 0.2) is 30.3 Å². The number of hydrogen-bond acceptors (Lipinski definition) is 9. The molecule has 58 heavy (non-hydrogen) atoms. The van der Waals surface area contributed by atoms with E-state index in [2.05, 4.69) is 24.4 Å². The van der Waals surface area contributed by atoms with Gasteiger partial charge >= 0.3 is 0 Å². The van der Waals surface area contributed by atoms with Crippen molar-refractivity contribution < 1.29 is 44.9 Å².